The van der Waals surface area contributed by atoms with E-state index in [1.54, 1.807) is 5.57 Å². The first kappa shape index (κ1) is 31.2. The number of hydrogen-bond acceptors (Lipinski definition) is 2. The summed E-state index contributed by atoms with van der Waals surface area (Å²) in [5, 5.41) is 0. The minimum Gasteiger partial charge on any atom is -0.462 e. The van der Waals surface area contributed by atoms with Crippen molar-refractivity contribution in [2.45, 2.75) is 176 Å². The van der Waals surface area contributed by atoms with Crippen molar-refractivity contribution in [2.75, 3.05) is 0 Å². The summed E-state index contributed by atoms with van der Waals surface area (Å²) in [6.45, 7) is 12.5. The molecule has 0 amide bonds. The zero-order valence-electron chi connectivity index (χ0n) is 26.7. The summed E-state index contributed by atoms with van der Waals surface area (Å²) in [6.07, 6.45) is 29.6. The van der Waals surface area contributed by atoms with E-state index in [9.17, 15) is 4.79 Å². The highest BCUT2D eigenvalue weighted by Crippen LogP contribution is 2.67. The van der Waals surface area contributed by atoms with Crippen LogP contribution in [-0.2, 0) is 9.53 Å². The molecule has 0 radical (unpaired) electrons. The van der Waals surface area contributed by atoms with Crippen LogP contribution in [-0.4, -0.2) is 12.1 Å². The van der Waals surface area contributed by atoms with Crippen molar-refractivity contribution in [3.05, 3.63) is 11.6 Å². The number of hydrogen-bond donors (Lipinski definition) is 0. The van der Waals surface area contributed by atoms with Gasteiger partial charge in [0.05, 0.1) is 0 Å². The molecule has 3 saturated carbocycles. The Morgan fingerprint density at radius 1 is 0.872 bits per heavy atom. The van der Waals surface area contributed by atoms with Crippen LogP contribution in [0.4, 0.5) is 0 Å². The van der Waals surface area contributed by atoms with Gasteiger partial charge in [-0.05, 0) is 91.8 Å². The molecule has 0 aromatic rings. The summed E-state index contributed by atoms with van der Waals surface area (Å²) in [4.78, 5) is 12.6. The number of carbonyl (C=O) groups is 1. The van der Waals surface area contributed by atoms with Gasteiger partial charge in [0, 0.05) is 12.8 Å². The fourth-order valence-corrected chi connectivity index (χ4v) is 10.3. The van der Waals surface area contributed by atoms with E-state index in [1.165, 1.54) is 109 Å². The lowest BCUT2D eigenvalue weighted by molar-refractivity contribution is -0.151. The maximum Gasteiger partial charge on any atom is 0.306 e. The monoisotopic (exact) mass is 540 g/mol. The standard InChI is InChI=1S/C37H64O2/c1-6-8-10-12-13-14-16-18-35(38)39-30-23-25-36(4)29(27-30)19-20-31-33-22-21-32(28(3)17-15-11-9-7-2)37(33,5)26-24-34(31)36/h19,28,30-34H,6-18,20-27H2,1-5H3. The van der Waals surface area contributed by atoms with Crippen molar-refractivity contribution in [1.29, 1.82) is 0 Å². The molecule has 0 bridgehead atoms. The molecule has 2 nitrogen and oxygen atoms in total. The second-order valence-electron chi connectivity index (χ2n) is 15.0. The Labute approximate surface area is 242 Å². The van der Waals surface area contributed by atoms with Crippen LogP contribution in [0.3, 0.4) is 0 Å². The number of ether oxygens (including phenoxy) is 1. The second kappa shape index (κ2) is 14.4. The Bertz CT molecular complexity index is 799. The lowest BCUT2D eigenvalue weighted by Gasteiger charge is -2.58. The second-order valence-corrected chi connectivity index (χ2v) is 15.0. The lowest BCUT2D eigenvalue weighted by atomic mass is 9.47. The number of esters is 1. The van der Waals surface area contributed by atoms with Crippen molar-refractivity contribution < 1.29 is 9.53 Å². The molecule has 8 atom stereocenters. The minimum atomic E-state index is 0.0562. The zero-order chi connectivity index (χ0) is 27.9. The van der Waals surface area contributed by atoms with Crippen molar-refractivity contribution in [3.63, 3.8) is 0 Å². The van der Waals surface area contributed by atoms with Gasteiger partial charge >= 0.3 is 5.97 Å². The van der Waals surface area contributed by atoms with Crippen LogP contribution in [0, 0.1) is 40.4 Å². The first-order valence-electron chi connectivity index (χ1n) is 17.7. The van der Waals surface area contributed by atoms with Crippen LogP contribution in [0.15, 0.2) is 11.6 Å². The van der Waals surface area contributed by atoms with Crippen LogP contribution >= 0.6 is 0 Å². The van der Waals surface area contributed by atoms with Gasteiger partial charge in [0.1, 0.15) is 6.10 Å². The fraction of sp³-hybridized carbons (Fsp3) is 0.919. The molecule has 4 aliphatic rings. The van der Waals surface area contributed by atoms with Crippen LogP contribution < -0.4 is 0 Å². The van der Waals surface area contributed by atoms with Crippen molar-refractivity contribution in [3.8, 4) is 0 Å². The predicted molar refractivity (Wildman–Crippen MR) is 166 cm³/mol. The Morgan fingerprint density at radius 2 is 1.56 bits per heavy atom. The first-order chi connectivity index (χ1) is 18.8. The quantitative estimate of drug-likeness (QED) is 0.117. The first-order valence-corrected chi connectivity index (χ1v) is 17.7. The highest BCUT2D eigenvalue weighted by molar-refractivity contribution is 5.69. The molecule has 224 valence electrons. The average molecular weight is 541 g/mol. The molecular weight excluding hydrogens is 476 g/mol. The van der Waals surface area contributed by atoms with Crippen molar-refractivity contribution in [1.82, 2.24) is 0 Å². The molecule has 0 spiro atoms. The van der Waals surface area contributed by atoms with Gasteiger partial charge in [0.15, 0.2) is 0 Å². The molecule has 39 heavy (non-hydrogen) atoms. The number of allylic oxidation sites excluding steroid dienone is 1. The molecule has 4 aliphatic carbocycles. The normalized spacial score (nSPS) is 36.4. The van der Waals surface area contributed by atoms with Crippen LogP contribution in [0.2, 0.25) is 0 Å². The molecule has 2 heteroatoms. The summed E-state index contributed by atoms with van der Waals surface area (Å²) >= 11 is 0. The molecule has 3 fully saturated rings. The summed E-state index contributed by atoms with van der Waals surface area (Å²) in [5.41, 5.74) is 2.55. The molecule has 0 aromatic carbocycles. The third-order valence-electron chi connectivity index (χ3n) is 12.6. The number of rotatable bonds is 15. The van der Waals surface area contributed by atoms with Gasteiger partial charge in [-0.25, -0.2) is 0 Å². The van der Waals surface area contributed by atoms with Crippen molar-refractivity contribution in [2.24, 2.45) is 40.4 Å². The molecule has 0 N–H and O–H groups in total. The van der Waals surface area contributed by atoms with E-state index in [1.807, 2.05) is 0 Å². The van der Waals surface area contributed by atoms with E-state index in [0.29, 0.717) is 17.3 Å². The number of carbonyl (C=O) groups excluding carboxylic acids is 1. The van der Waals surface area contributed by atoms with Gasteiger partial charge in [0.2, 0.25) is 0 Å². The Kier molecular flexibility index (Phi) is 11.5. The van der Waals surface area contributed by atoms with E-state index in [2.05, 4.69) is 40.7 Å². The van der Waals surface area contributed by atoms with Crippen LogP contribution in [0.25, 0.3) is 0 Å². The van der Waals surface area contributed by atoms with Gasteiger partial charge in [-0.2, -0.15) is 0 Å². The van der Waals surface area contributed by atoms with Crippen LogP contribution in [0.5, 0.6) is 0 Å². The average Bonchev–Trinajstić information content (AvgIpc) is 3.28. The molecule has 0 aromatic heterocycles. The topological polar surface area (TPSA) is 26.3 Å². The smallest absolute Gasteiger partial charge is 0.306 e. The largest absolute Gasteiger partial charge is 0.462 e. The molecule has 8 unspecified atom stereocenters. The van der Waals surface area contributed by atoms with E-state index in [4.69, 9.17) is 4.74 Å². The molecule has 4 rings (SSSR count). The molecule has 0 aliphatic heterocycles. The third-order valence-corrected chi connectivity index (χ3v) is 12.6. The zero-order valence-corrected chi connectivity index (χ0v) is 26.7. The molecule has 0 saturated heterocycles. The summed E-state index contributed by atoms with van der Waals surface area (Å²) < 4.78 is 6.06. The SMILES string of the molecule is CCCCCCCCCC(=O)OC1CCC2(C)C(=CCC3C2CCC2(C)C(C(C)CCCCCC)CCC32)C1. The highest BCUT2D eigenvalue weighted by Gasteiger charge is 2.59. The van der Waals surface area contributed by atoms with Gasteiger partial charge in [-0.1, -0.05) is 117 Å². The third kappa shape index (κ3) is 7.17. The van der Waals surface area contributed by atoms with E-state index in [-0.39, 0.29) is 12.1 Å². The summed E-state index contributed by atoms with van der Waals surface area (Å²) in [6, 6.07) is 0. The Hall–Kier alpha value is -0.790. The number of fused-ring (bicyclic) bond motifs is 5. The van der Waals surface area contributed by atoms with E-state index in [0.717, 1.165) is 48.9 Å². The van der Waals surface area contributed by atoms with Crippen LogP contribution in [0.1, 0.15) is 169 Å². The van der Waals surface area contributed by atoms with Gasteiger partial charge in [0.25, 0.3) is 0 Å². The molecular formula is C37H64O2. The maximum atomic E-state index is 12.6. The van der Waals surface area contributed by atoms with E-state index < -0.39 is 0 Å². The number of unbranched alkanes of at least 4 members (excludes halogenated alkanes) is 9. The van der Waals surface area contributed by atoms with E-state index >= 15 is 0 Å². The van der Waals surface area contributed by atoms with Gasteiger partial charge in [-0.3, -0.25) is 4.79 Å². The molecule has 0 heterocycles. The Balaban J connectivity index is 1.28. The minimum absolute atomic E-state index is 0.0562. The fourth-order valence-electron chi connectivity index (χ4n) is 10.3. The van der Waals surface area contributed by atoms with Gasteiger partial charge in [-0.15, -0.1) is 0 Å². The lowest BCUT2D eigenvalue weighted by Crippen LogP contribution is -2.51. The van der Waals surface area contributed by atoms with Gasteiger partial charge < -0.3 is 4.74 Å². The van der Waals surface area contributed by atoms with Crippen molar-refractivity contribution >= 4 is 5.97 Å². The Morgan fingerprint density at radius 3 is 2.31 bits per heavy atom. The highest BCUT2D eigenvalue weighted by atomic mass is 16.5. The summed E-state index contributed by atoms with van der Waals surface area (Å²) in [7, 11) is 0. The maximum absolute atomic E-state index is 12.6. The predicted octanol–water partition coefficient (Wildman–Crippen LogP) is 11.2. The summed E-state index contributed by atoms with van der Waals surface area (Å²) in [5.74, 6) is 4.54.